The molecule has 1 N–H and O–H groups in total. The molecule has 1 aliphatic heterocycles. The van der Waals surface area contributed by atoms with Crippen LogP contribution in [0.3, 0.4) is 0 Å². The predicted molar refractivity (Wildman–Crippen MR) is 98.8 cm³/mol. The number of hydrogen-bond donors (Lipinski definition) is 1. The molecule has 1 unspecified atom stereocenters. The van der Waals surface area contributed by atoms with Crippen LogP contribution in [0, 0.1) is 18.7 Å². The Morgan fingerprint density at radius 3 is 2.69 bits per heavy atom. The SMILES string of the molecule is Cc1ccc(N2CC(C(=O)Nc3ccc(N(C)C)nc3)CC2=O)c(F)c1. The number of hydrogen-bond acceptors (Lipinski definition) is 4. The summed E-state index contributed by atoms with van der Waals surface area (Å²) in [6, 6.07) is 8.26. The predicted octanol–water partition coefficient (Wildman–Crippen LogP) is 2.59. The van der Waals surface area contributed by atoms with E-state index in [2.05, 4.69) is 10.3 Å². The molecule has 1 aromatic heterocycles. The lowest BCUT2D eigenvalue weighted by Gasteiger charge is -2.18. The van der Waals surface area contributed by atoms with Crippen LogP contribution in [0.1, 0.15) is 12.0 Å². The van der Waals surface area contributed by atoms with Gasteiger partial charge in [0, 0.05) is 27.1 Å². The van der Waals surface area contributed by atoms with Gasteiger partial charge in [-0.3, -0.25) is 9.59 Å². The van der Waals surface area contributed by atoms with Crippen LogP contribution in [0.15, 0.2) is 36.5 Å². The van der Waals surface area contributed by atoms with Crippen LogP contribution >= 0.6 is 0 Å². The van der Waals surface area contributed by atoms with Crippen molar-refractivity contribution >= 4 is 29.0 Å². The molecule has 2 aromatic rings. The number of aryl methyl sites for hydroxylation is 1. The molecule has 6 nitrogen and oxygen atoms in total. The van der Waals surface area contributed by atoms with Crippen molar-refractivity contribution in [3.8, 4) is 0 Å². The van der Waals surface area contributed by atoms with E-state index in [0.717, 1.165) is 11.4 Å². The summed E-state index contributed by atoms with van der Waals surface area (Å²) in [5.74, 6) is -0.735. The Morgan fingerprint density at radius 2 is 2.08 bits per heavy atom. The first-order chi connectivity index (χ1) is 12.3. The first-order valence-electron chi connectivity index (χ1n) is 8.36. The standard InChI is InChI=1S/C19H21FN4O2/c1-12-4-6-16(15(20)8-12)24-11-13(9-18(24)25)19(26)22-14-5-7-17(21-10-14)23(2)3/h4-8,10,13H,9,11H2,1-3H3,(H,22,26). The fraction of sp³-hybridized carbons (Fsp3) is 0.316. The summed E-state index contributed by atoms with van der Waals surface area (Å²) in [4.78, 5) is 32.2. The summed E-state index contributed by atoms with van der Waals surface area (Å²) in [5, 5.41) is 2.77. The van der Waals surface area contributed by atoms with Gasteiger partial charge in [-0.2, -0.15) is 0 Å². The number of carbonyl (C=O) groups excluding carboxylic acids is 2. The van der Waals surface area contributed by atoms with Crippen LogP contribution in [0.25, 0.3) is 0 Å². The summed E-state index contributed by atoms with van der Waals surface area (Å²) in [6.07, 6.45) is 1.63. The highest BCUT2D eigenvalue weighted by Gasteiger charge is 2.36. The zero-order chi connectivity index (χ0) is 18.8. The Labute approximate surface area is 151 Å². The largest absolute Gasteiger partial charge is 0.363 e. The third kappa shape index (κ3) is 3.66. The van der Waals surface area contributed by atoms with Gasteiger partial charge in [0.1, 0.15) is 11.6 Å². The van der Waals surface area contributed by atoms with Gasteiger partial charge in [0.25, 0.3) is 0 Å². The van der Waals surface area contributed by atoms with Gasteiger partial charge in [-0.25, -0.2) is 9.37 Å². The average molecular weight is 356 g/mol. The number of anilines is 3. The Bertz CT molecular complexity index is 836. The molecule has 2 heterocycles. The highest BCUT2D eigenvalue weighted by atomic mass is 19.1. The summed E-state index contributed by atoms with van der Waals surface area (Å²) >= 11 is 0. The lowest BCUT2D eigenvalue weighted by atomic mass is 10.1. The second-order valence-electron chi connectivity index (χ2n) is 6.65. The molecule has 26 heavy (non-hydrogen) atoms. The van der Waals surface area contributed by atoms with Crippen molar-refractivity contribution < 1.29 is 14.0 Å². The topological polar surface area (TPSA) is 65.5 Å². The van der Waals surface area contributed by atoms with E-state index in [1.54, 1.807) is 37.4 Å². The summed E-state index contributed by atoms with van der Waals surface area (Å²) in [5.41, 5.74) is 1.56. The maximum Gasteiger partial charge on any atom is 0.229 e. The number of rotatable bonds is 4. The molecular formula is C19H21FN4O2. The van der Waals surface area contributed by atoms with E-state index in [-0.39, 0.29) is 30.5 Å². The number of halogens is 1. The van der Waals surface area contributed by atoms with Crippen LogP contribution in [-0.4, -0.2) is 37.4 Å². The van der Waals surface area contributed by atoms with Gasteiger partial charge in [0.2, 0.25) is 11.8 Å². The second-order valence-corrected chi connectivity index (χ2v) is 6.65. The minimum Gasteiger partial charge on any atom is -0.363 e. The van der Waals surface area contributed by atoms with Gasteiger partial charge < -0.3 is 15.1 Å². The molecule has 0 saturated carbocycles. The Morgan fingerprint density at radius 1 is 1.31 bits per heavy atom. The van der Waals surface area contributed by atoms with Gasteiger partial charge in [-0.1, -0.05) is 6.07 Å². The van der Waals surface area contributed by atoms with E-state index in [4.69, 9.17) is 0 Å². The lowest BCUT2D eigenvalue weighted by Crippen LogP contribution is -2.28. The molecule has 0 bridgehead atoms. The maximum atomic E-state index is 14.1. The van der Waals surface area contributed by atoms with Crippen molar-refractivity contribution in [2.24, 2.45) is 5.92 Å². The van der Waals surface area contributed by atoms with E-state index in [1.807, 2.05) is 19.0 Å². The Kier molecular flexibility index (Phi) is 4.88. The monoisotopic (exact) mass is 356 g/mol. The van der Waals surface area contributed by atoms with Gasteiger partial charge in [0.05, 0.1) is 23.5 Å². The van der Waals surface area contributed by atoms with Crippen LogP contribution in [0.2, 0.25) is 0 Å². The van der Waals surface area contributed by atoms with Crippen molar-refractivity contribution in [1.82, 2.24) is 4.98 Å². The van der Waals surface area contributed by atoms with Gasteiger partial charge >= 0.3 is 0 Å². The quantitative estimate of drug-likeness (QED) is 0.914. The molecule has 1 aliphatic rings. The molecule has 0 aliphatic carbocycles. The number of benzene rings is 1. The van der Waals surface area contributed by atoms with E-state index < -0.39 is 11.7 Å². The molecule has 136 valence electrons. The van der Waals surface area contributed by atoms with E-state index in [9.17, 15) is 14.0 Å². The number of amides is 2. The zero-order valence-corrected chi connectivity index (χ0v) is 15.0. The molecule has 7 heteroatoms. The minimum atomic E-state index is -0.531. The Hall–Kier alpha value is -2.96. The molecular weight excluding hydrogens is 335 g/mol. The highest BCUT2D eigenvalue weighted by molar-refractivity contribution is 6.03. The smallest absolute Gasteiger partial charge is 0.229 e. The van der Waals surface area contributed by atoms with Crippen molar-refractivity contribution in [3.63, 3.8) is 0 Å². The highest BCUT2D eigenvalue weighted by Crippen LogP contribution is 2.28. The first-order valence-corrected chi connectivity index (χ1v) is 8.36. The number of aromatic nitrogens is 1. The van der Waals surface area contributed by atoms with E-state index in [1.165, 1.54) is 11.0 Å². The molecule has 0 spiro atoms. The average Bonchev–Trinajstić information content (AvgIpc) is 2.97. The third-order valence-electron chi connectivity index (χ3n) is 4.36. The van der Waals surface area contributed by atoms with Crippen LogP contribution < -0.4 is 15.1 Å². The first kappa shape index (κ1) is 17.8. The van der Waals surface area contributed by atoms with Crippen molar-refractivity contribution in [3.05, 3.63) is 47.9 Å². The number of nitrogens with zero attached hydrogens (tertiary/aromatic N) is 3. The van der Waals surface area contributed by atoms with Gasteiger partial charge in [-0.05, 0) is 36.8 Å². The van der Waals surface area contributed by atoms with E-state index >= 15 is 0 Å². The Balaban J connectivity index is 1.68. The number of pyridine rings is 1. The molecule has 1 aromatic carbocycles. The zero-order valence-electron chi connectivity index (χ0n) is 15.0. The van der Waals surface area contributed by atoms with Crippen LogP contribution in [-0.2, 0) is 9.59 Å². The molecule has 2 amide bonds. The number of nitrogens with one attached hydrogen (secondary N) is 1. The molecule has 0 radical (unpaired) electrons. The van der Waals surface area contributed by atoms with Crippen molar-refractivity contribution in [2.45, 2.75) is 13.3 Å². The summed E-state index contributed by atoms with van der Waals surface area (Å²) in [6.45, 7) is 1.94. The maximum absolute atomic E-state index is 14.1. The third-order valence-corrected chi connectivity index (χ3v) is 4.36. The van der Waals surface area contributed by atoms with Crippen LogP contribution in [0.4, 0.5) is 21.6 Å². The fourth-order valence-electron chi connectivity index (χ4n) is 2.92. The fourth-order valence-corrected chi connectivity index (χ4v) is 2.92. The molecule has 1 saturated heterocycles. The summed E-state index contributed by atoms with van der Waals surface area (Å²) < 4.78 is 14.1. The van der Waals surface area contributed by atoms with Crippen molar-refractivity contribution in [2.75, 3.05) is 35.8 Å². The molecule has 3 rings (SSSR count). The number of carbonyl (C=O) groups is 2. The lowest BCUT2D eigenvalue weighted by molar-refractivity contribution is -0.122. The molecule has 1 fully saturated rings. The minimum absolute atomic E-state index is 0.0579. The van der Waals surface area contributed by atoms with Crippen LogP contribution in [0.5, 0.6) is 0 Å². The normalized spacial score (nSPS) is 16.7. The summed E-state index contributed by atoms with van der Waals surface area (Å²) in [7, 11) is 3.76. The molecule has 1 atom stereocenters. The van der Waals surface area contributed by atoms with Crippen molar-refractivity contribution in [1.29, 1.82) is 0 Å². The van der Waals surface area contributed by atoms with Gasteiger partial charge in [-0.15, -0.1) is 0 Å². The second kappa shape index (κ2) is 7.11. The van der Waals surface area contributed by atoms with Gasteiger partial charge in [0.15, 0.2) is 0 Å². The van der Waals surface area contributed by atoms with E-state index in [0.29, 0.717) is 5.69 Å².